The number of urea groups is 1. The summed E-state index contributed by atoms with van der Waals surface area (Å²) >= 11 is 0. The van der Waals surface area contributed by atoms with Crippen molar-refractivity contribution in [1.82, 2.24) is 9.88 Å². The van der Waals surface area contributed by atoms with Gasteiger partial charge in [0.1, 0.15) is 12.7 Å². The standard InChI is InChI=1S/C24H24N4O4/c29-22-16-32-15-21(28(22)14-20-8-4-5-13-25-20)23(30)17-9-11-19(12-10-17)27-24(31)26-18-6-2-1-3-7-18/h1-13,21,23,30H,14-16H2,(H2,26,27,31). The molecule has 2 heterocycles. The average Bonchev–Trinajstić information content (AvgIpc) is 2.82. The number of rotatable bonds is 6. The minimum absolute atomic E-state index is 0.0184. The molecule has 0 spiro atoms. The van der Waals surface area contributed by atoms with Crippen molar-refractivity contribution in [2.75, 3.05) is 23.8 Å². The van der Waals surface area contributed by atoms with Crippen LogP contribution in [0.1, 0.15) is 17.4 Å². The lowest BCUT2D eigenvalue weighted by Crippen LogP contribution is -2.51. The van der Waals surface area contributed by atoms with Gasteiger partial charge < -0.3 is 25.4 Å². The second kappa shape index (κ2) is 10.0. The zero-order chi connectivity index (χ0) is 22.3. The van der Waals surface area contributed by atoms with E-state index in [1.165, 1.54) is 0 Å². The van der Waals surface area contributed by atoms with E-state index in [2.05, 4.69) is 15.6 Å². The molecule has 3 aromatic rings. The van der Waals surface area contributed by atoms with Crippen LogP contribution in [0.25, 0.3) is 0 Å². The number of para-hydroxylation sites is 1. The predicted molar refractivity (Wildman–Crippen MR) is 120 cm³/mol. The van der Waals surface area contributed by atoms with E-state index >= 15 is 0 Å². The van der Waals surface area contributed by atoms with Crippen LogP contribution in [0, 0.1) is 0 Å². The molecule has 0 bridgehead atoms. The van der Waals surface area contributed by atoms with Gasteiger partial charge in [0.25, 0.3) is 0 Å². The van der Waals surface area contributed by atoms with Crippen LogP contribution in [-0.4, -0.2) is 46.2 Å². The summed E-state index contributed by atoms with van der Waals surface area (Å²) in [4.78, 5) is 30.5. The van der Waals surface area contributed by atoms with Crippen LogP contribution in [0.5, 0.6) is 0 Å². The molecule has 0 saturated carbocycles. The maximum atomic E-state index is 12.5. The van der Waals surface area contributed by atoms with Gasteiger partial charge in [-0.05, 0) is 42.0 Å². The van der Waals surface area contributed by atoms with Gasteiger partial charge in [0.05, 0.1) is 24.9 Å². The number of benzene rings is 2. The summed E-state index contributed by atoms with van der Waals surface area (Å²) in [6.07, 6.45) is 0.723. The number of nitrogens with zero attached hydrogens (tertiary/aromatic N) is 2. The Balaban J connectivity index is 1.42. The highest BCUT2D eigenvalue weighted by Gasteiger charge is 2.34. The summed E-state index contributed by atoms with van der Waals surface area (Å²) in [7, 11) is 0. The monoisotopic (exact) mass is 432 g/mol. The van der Waals surface area contributed by atoms with Crippen LogP contribution in [-0.2, 0) is 16.1 Å². The van der Waals surface area contributed by atoms with Crippen LogP contribution in [0.2, 0.25) is 0 Å². The highest BCUT2D eigenvalue weighted by molar-refractivity contribution is 5.99. The molecule has 164 valence electrons. The number of aliphatic hydroxyl groups is 1. The minimum atomic E-state index is -0.949. The fourth-order valence-electron chi connectivity index (χ4n) is 3.56. The molecule has 2 unspecified atom stereocenters. The first-order valence-corrected chi connectivity index (χ1v) is 10.3. The lowest BCUT2D eigenvalue weighted by Gasteiger charge is -2.38. The number of pyridine rings is 1. The Kier molecular flexibility index (Phi) is 6.74. The Morgan fingerprint density at radius 3 is 2.41 bits per heavy atom. The average molecular weight is 432 g/mol. The molecule has 2 aromatic carbocycles. The summed E-state index contributed by atoms with van der Waals surface area (Å²) in [5, 5.41) is 16.5. The molecule has 1 saturated heterocycles. The van der Waals surface area contributed by atoms with Gasteiger partial charge in [0.2, 0.25) is 5.91 Å². The van der Waals surface area contributed by atoms with Crippen molar-refractivity contribution in [3.63, 3.8) is 0 Å². The third-order valence-electron chi connectivity index (χ3n) is 5.20. The number of hydrogen-bond acceptors (Lipinski definition) is 5. The number of carbonyl (C=O) groups excluding carboxylic acids is 2. The van der Waals surface area contributed by atoms with Crippen molar-refractivity contribution in [3.05, 3.63) is 90.3 Å². The Morgan fingerprint density at radius 1 is 1.03 bits per heavy atom. The van der Waals surface area contributed by atoms with Crippen molar-refractivity contribution in [1.29, 1.82) is 0 Å². The largest absolute Gasteiger partial charge is 0.386 e. The number of morpholine rings is 1. The minimum Gasteiger partial charge on any atom is -0.386 e. The molecule has 0 radical (unpaired) electrons. The van der Waals surface area contributed by atoms with Crippen LogP contribution >= 0.6 is 0 Å². The van der Waals surface area contributed by atoms with Gasteiger partial charge in [-0.2, -0.15) is 0 Å². The third-order valence-corrected chi connectivity index (χ3v) is 5.20. The molecule has 32 heavy (non-hydrogen) atoms. The molecule has 4 rings (SSSR count). The zero-order valence-corrected chi connectivity index (χ0v) is 17.3. The summed E-state index contributed by atoms with van der Waals surface area (Å²) in [6, 6.07) is 20.6. The number of ether oxygens (including phenoxy) is 1. The normalized spacial score (nSPS) is 17.0. The van der Waals surface area contributed by atoms with Crippen molar-refractivity contribution in [2.24, 2.45) is 0 Å². The van der Waals surface area contributed by atoms with Gasteiger partial charge in [-0.3, -0.25) is 9.78 Å². The van der Waals surface area contributed by atoms with Gasteiger partial charge in [0, 0.05) is 17.6 Å². The smallest absolute Gasteiger partial charge is 0.323 e. The molecule has 1 aliphatic rings. The van der Waals surface area contributed by atoms with Crippen LogP contribution in [0.3, 0.4) is 0 Å². The molecule has 8 nitrogen and oxygen atoms in total. The summed E-state index contributed by atoms with van der Waals surface area (Å²) < 4.78 is 5.40. The first kappa shape index (κ1) is 21.5. The SMILES string of the molecule is O=C(Nc1ccccc1)Nc1ccc(C(O)C2COCC(=O)N2Cc2ccccn2)cc1. The van der Waals surface area contributed by atoms with Gasteiger partial charge in [-0.1, -0.05) is 36.4 Å². The fraction of sp³-hybridized carbons (Fsp3) is 0.208. The van der Waals surface area contributed by atoms with E-state index in [9.17, 15) is 14.7 Å². The Labute approximate surface area is 185 Å². The second-order valence-corrected chi connectivity index (χ2v) is 7.44. The number of aliphatic hydroxyl groups excluding tert-OH is 1. The van der Waals surface area contributed by atoms with Crippen LogP contribution in [0.15, 0.2) is 79.0 Å². The predicted octanol–water partition coefficient (Wildman–Crippen LogP) is 3.19. The van der Waals surface area contributed by atoms with Crippen molar-refractivity contribution >= 4 is 23.3 Å². The maximum Gasteiger partial charge on any atom is 0.323 e. The number of carbonyl (C=O) groups is 2. The quantitative estimate of drug-likeness (QED) is 0.555. The van der Waals surface area contributed by atoms with Crippen molar-refractivity contribution in [2.45, 2.75) is 18.7 Å². The van der Waals surface area contributed by atoms with Crippen molar-refractivity contribution < 1.29 is 19.4 Å². The van der Waals surface area contributed by atoms with E-state index in [1.807, 2.05) is 36.4 Å². The van der Waals surface area contributed by atoms with Crippen LogP contribution < -0.4 is 10.6 Å². The lowest BCUT2D eigenvalue weighted by molar-refractivity contribution is -0.155. The van der Waals surface area contributed by atoms with E-state index in [-0.39, 0.29) is 25.2 Å². The molecular weight excluding hydrogens is 408 g/mol. The molecule has 0 aliphatic carbocycles. The first-order valence-electron chi connectivity index (χ1n) is 10.3. The van der Waals surface area contributed by atoms with E-state index in [0.717, 1.165) is 5.69 Å². The summed E-state index contributed by atoms with van der Waals surface area (Å²) in [6.45, 7) is 0.499. The van der Waals surface area contributed by atoms with E-state index in [4.69, 9.17) is 4.74 Å². The topological polar surface area (TPSA) is 104 Å². The summed E-state index contributed by atoms with van der Waals surface area (Å²) in [5.74, 6) is -0.193. The number of nitrogens with one attached hydrogen (secondary N) is 2. The molecule has 2 atom stereocenters. The van der Waals surface area contributed by atoms with Crippen molar-refractivity contribution in [3.8, 4) is 0 Å². The lowest BCUT2D eigenvalue weighted by atomic mass is 9.99. The molecule has 1 aliphatic heterocycles. The highest BCUT2D eigenvalue weighted by atomic mass is 16.5. The summed E-state index contributed by atoms with van der Waals surface area (Å²) in [5.41, 5.74) is 2.62. The van der Waals surface area contributed by atoms with Gasteiger partial charge in [-0.25, -0.2) is 4.79 Å². The van der Waals surface area contributed by atoms with Gasteiger partial charge in [-0.15, -0.1) is 0 Å². The van der Waals surface area contributed by atoms with Gasteiger partial charge >= 0.3 is 6.03 Å². The molecule has 3 amide bonds. The molecule has 3 N–H and O–H groups in total. The maximum absolute atomic E-state index is 12.5. The second-order valence-electron chi connectivity index (χ2n) is 7.44. The highest BCUT2D eigenvalue weighted by Crippen LogP contribution is 2.26. The molecule has 1 aromatic heterocycles. The zero-order valence-electron chi connectivity index (χ0n) is 17.3. The van der Waals surface area contributed by atoms with Crippen LogP contribution in [0.4, 0.5) is 16.2 Å². The number of aromatic nitrogens is 1. The Hall–Kier alpha value is -3.75. The fourth-order valence-corrected chi connectivity index (χ4v) is 3.56. The molecular formula is C24H24N4O4. The number of amides is 3. The van der Waals surface area contributed by atoms with E-state index in [0.29, 0.717) is 23.5 Å². The third kappa shape index (κ3) is 5.29. The molecule has 1 fully saturated rings. The Morgan fingerprint density at radius 2 is 1.72 bits per heavy atom. The van der Waals surface area contributed by atoms with E-state index < -0.39 is 12.1 Å². The Bertz CT molecular complexity index is 1040. The van der Waals surface area contributed by atoms with E-state index in [1.54, 1.807) is 47.5 Å². The first-order chi connectivity index (χ1) is 15.6. The molecule has 8 heteroatoms. The number of anilines is 2. The number of hydrogen-bond donors (Lipinski definition) is 3. The van der Waals surface area contributed by atoms with Gasteiger partial charge in [0.15, 0.2) is 0 Å².